The van der Waals surface area contributed by atoms with E-state index in [-0.39, 0.29) is 21.7 Å². The first-order valence-corrected chi connectivity index (χ1v) is 9.73. The maximum atomic E-state index is 13.7. The summed E-state index contributed by atoms with van der Waals surface area (Å²) in [5.74, 6) is -2.05. The maximum absolute atomic E-state index is 13.7. The third-order valence-corrected chi connectivity index (χ3v) is 5.10. The van der Waals surface area contributed by atoms with Crippen molar-refractivity contribution in [3.05, 3.63) is 90.0 Å². The average Bonchev–Trinajstić information content (AvgIpc) is 2.74. The molecule has 3 rings (SSSR count). The summed E-state index contributed by atoms with van der Waals surface area (Å²) in [7, 11) is -4.13. The number of carbonyl (C=O) groups excluding carboxylic acids is 2. The van der Waals surface area contributed by atoms with Crippen LogP contribution in [0.25, 0.3) is 0 Å². The first-order chi connectivity index (χ1) is 13.9. The number of rotatable bonds is 5. The van der Waals surface area contributed by atoms with Crippen molar-refractivity contribution < 1.29 is 22.4 Å². The van der Waals surface area contributed by atoms with Crippen LogP contribution in [-0.2, 0) is 10.0 Å². The van der Waals surface area contributed by atoms with Gasteiger partial charge >= 0.3 is 0 Å². The molecule has 2 aromatic carbocycles. The fourth-order valence-electron chi connectivity index (χ4n) is 2.31. The van der Waals surface area contributed by atoms with Crippen molar-refractivity contribution in [2.45, 2.75) is 4.90 Å². The number of benzene rings is 2. The second kappa shape index (κ2) is 8.48. The Balaban J connectivity index is 1.72. The number of carbonyl (C=O) groups is 2. The highest BCUT2D eigenvalue weighted by molar-refractivity contribution is 7.92. The van der Waals surface area contributed by atoms with Crippen LogP contribution in [0.5, 0.6) is 0 Å². The lowest BCUT2D eigenvalue weighted by molar-refractivity contribution is 0.0846. The van der Waals surface area contributed by atoms with Crippen molar-refractivity contribution in [1.29, 1.82) is 0 Å². The van der Waals surface area contributed by atoms with Gasteiger partial charge in [-0.2, -0.15) is 0 Å². The van der Waals surface area contributed by atoms with Gasteiger partial charge in [0.2, 0.25) is 0 Å². The summed E-state index contributed by atoms with van der Waals surface area (Å²) in [6.45, 7) is 0. The van der Waals surface area contributed by atoms with E-state index in [0.717, 1.165) is 12.1 Å². The zero-order valence-corrected chi connectivity index (χ0v) is 15.6. The number of amides is 2. The van der Waals surface area contributed by atoms with Gasteiger partial charge in [-0.15, -0.1) is 0 Å². The molecule has 0 radical (unpaired) electrons. The number of nitrogens with one attached hydrogen (secondary N) is 3. The molecule has 3 N–H and O–H groups in total. The minimum atomic E-state index is -4.13. The van der Waals surface area contributed by atoms with Crippen molar-refractivity contribution in [3.8, 4) is 0 Å². The number of hydrazine groups is 1. The van der Waals surface area contributed by atoms with Crippen LogP contribution in [0.1, 0.15) is 20.7 Å². The number of sulfonamides is 1. The summed E-state index contributed by atoms with van der Waals surface area (Å²) in [4.78, 5) is 27.7. The highest BCUT2D eigenvalue weighted by Gasteiger charge is 2.18. The quantitative estimate of drug-likeness (QED) is 0.553. The summed E-state index contributed by atoms with van der Waals surface area (Å²) in [5.41, 5.74) is 4.40. The third-order valence-electron chi connectivity index (χ3n) is 3.74. The van der Waals surface area contributed by atoms with E-state index in [2.05, 4.69) is 20.6 Å². The van der Waals surface area contributed by atoms with Crippen molar-refractivity contribution in [3.63, 3.8) is 0 Å². The highest BCUT2D eigenvalue weighted by Crippen LogP contribution is 2.19. The van der Waals surface area contributed by atoms with Crippen molar-refractivity contribution in [1.82, 2.24) is 15.8 Å². The Kier molecular flexibility index (Phi) is 5.84. The van der Waals surface area contributed by atoms with E-state index in [0.29, 0.717) is 0 Å². The highest BCUT2D eigenvalue weighted by atomic mass is 32.2. The summed E-state index contributed by atoms with van der Waals surface area (Å²) in [6, 6.07) is 13.5. The number of pyridine rings is 1. The third kappa shape index (κ3) is 4.93. The van der Waals surface area contributed by atoms with E-state index in [4.69, 9.17) is 0 Å². The number of hydrogen-bond donors (Lipinski definition) is 3. The molecule has 29 heavy (non-hydrogen) atoms. The molecule has 1 heterocycles. The molecule has 10 heteroatoms. The molecule has 0 spiro atoms. The number of aromatic nitrogens is 1. The molecule has 148 valence electrons. The Morgan fingerprint density at radius 1 is 0.862 bits per heavy atom. The minimum Gasteiger partial charge on any atom is -0.277 e. The summed E-state index contributed by atoms with van der Waals surface area (Å²) < 4.78 is 40.8. The van der Waals surface area contributed by atoms with Gasteiger partial charge in [0.05, 0.1) is 16.1 Å². The van der Waals surface area contributed by atoms with Crippen LogP contribution in [0.15, 0.2) is 78.0 Å². The molecule has 1 aromatic heterocycles. The molecule has 0 bridgehead atoms. The molecule has 2 amide bonds. The van der Waals surface area contributed by atoms with E-state index in [9.17, 15) is 22.4 Å². The average molecular weight is 414 g/mol. The van der Waals surface area contributed by atoms with Crippen molar-refractivity contribution in [2.24, 2.45) is 0 Å². The van der Waals surface area contributed by atoms with Gasteiger partial charge in [-0.05, 0) is 42.5 Å². The molecule has 0 fully saturated rings. The van der Waals surface area contributed by atoms with Gasteiger partial charge in [-0.3, -0.25) is 30.1 Å². The molecule has 3 aromatic rings. The van der Waals surface area contributed by atoms with Crippen LogP contribution in [0.3, 0.4) is 0 Å². The monoisotopic (exact) mass is 414 g/mol. The van der Waals surface area contributed by atoms with Crippen LogP contribution in [-0.4, -0.2) is 25.2 Å². The van der Waals surface area contributed by atoms with Gasteiger partial charge in [-0.25, -0.2) is 12.8 Å². The van der Waals surface area contributed by atoms with Crippen LogP contribution in [0, 0.1) is 5.82 Å². The predicted octanol–water partition coefficient (Wildman–Crippen LogP) is 2.10. The van der Waals surface area contributed by atoms with Gasteiger partial charge in [0.25, 0.3) is 21.8 Å². The smallest absolute Gasteiger partial charge is 0.271 e. The number of para-hydroxylation sites is 1. The molecule has 0 atom stereocenters. The lowest BCUT2D eigenvalue weighted by Crippen LogP contribution is -2.41. The van der Waals surface area contributed by atoms with Crippen molar-refractivity contribution in [2.75, 3.05) is 4.72 Å². The second-order valence-electron chi connectivity index (χ2n) is 5.76. The fourth-order valence-corrected chi connectivity index (χ4v) is 3.42. The van der Waals surface area contributed by atoms with Gasteiger partial charge in [0.1, 0.15) is 5.82 Å². The first-order valence-electron chi connectivity index (χ1n) is 8.25. The van der Waals surface area contributed by atoms with E-state index in [1.807, 2.05) is 0 Å². The minimum absolute atomic E-state index is 0.0205. The van der Waals surface area contributed by atoms with Crippen molar-refractivity contribution >= 4 is 27.5 Å². The van der Waals surface area contributed by atoms with Crippen LogP contribution >= 0.6 is 0 Å². The Morgan fingerprint density at radius 3 is 2.24 bits per heavy atom. The second-order valence-corrected chi connectivity index (χ2v) is 7.45. The molecule has 0 aliphatic heterocycles. The molecule has 8 nitrogen and oxygen atoms in total. The van der Waals surface area contributed by atoms with Crippen LogP contribution in [0.2, 0.25) is 0 Å². The molecule has 0 saturated heterocycles. The number of halogens is 1. The van der Waals surface area contributed by atoms with E-state index in [1.165, 1.54) is 54.9 Å². The summed E-state index contributed by atoms with van der Waals surface area (Å²) in [6.07, 6.45) is 2.82. The molecule has 0 aliphatic rings. The Morgan fingerprint density at radius 2 is 1.55 bits per heavy atom. The molecule has 0 saturated carbocycles. The predicted molar refractivity (Wildman–Crippen MR) is 103 cm³/mol. The van der Waals surface area contributed by atoms with Crippen LogP contribution < -0.4 is 15.6 Å². The summed E-state index contributed by atoms with van der Waals surface area (Å²) in [5, 5.41) is 0. The Bertz CT molecular complexity index is 1150. The molecular weight excluding hydrogens is 399 g/mol. The first kappa shape index (κ1) is 20.0. The van der Waals surface area contributed by atoms with E-state index >= 15 is 0 Å². The number of hydrogen-bond acceptors (Lipinski definition) is 5. The SMILES string of the molecule is O=C(NNC(=O)c1cccc(S(=O)(=O)Nc2ccccc2F)c1)c1cccnc1. The Hall–Kier alpha value is -3.79. The lowest BCUT2D eigenvalue weighted by Gasteiger charge is -2.11. The topological polar surface area (TPSA) is 117 Å². The van der Waals surface area contributed by atoms with Gasteiger partial charge < -0.3 is 0 Å². The van der Waals surface area contributed by atoms with Gasteiger partial charge in [0.15, 0.2) is 0 Å². The summed E-state index contributed by atoms with van der Waals surface area (Å²) >= 11 is 0. The zero-order valence-electron chi connectivity index (χ0n) is 14.8. The lowest BCUT2D eigenvalue weighted by atomic mass is 10.2. The van der Waals surface area contributed by atoms with E-state index in [1.54, 1.807) is 6.07 Å². The molecule has 0 unspecified atom stereocenters. The normalized spacial score (nSPS) is 10.8. The van der Waals surface area contributed by atoms with Gasteiger partial charge in [0, 0.05) is 18.0 Å². The fraction of sp³-hybridized carbons (Fsp3) is 0. The van der Waals surface area contributed by atoms with Crippen LogP contribution in [0.4, 0.5) is 10.1 Å². The molecule has 0 aliphatic carbocycles. The van der Waals surface area contributed by atoms with E-state index < -0.39 is 27.7 Å². The Labute approximate surface area is 165 Å². The standard InChI is InChI=1S/C19H15FN4O4S/c20-16-8-1-2-9-17(16)24-29(27,28)15-7-3-5-13(11-15)18(25)22-23-19(26)14-6-4-10-21-12-14/h1-12,24H,(H,22,25)(H,23,26). The maximum Gasteiger partial charge on any atom is 0.271 e. The zero-order chi connectivity index (χ0) is 20.9. The molecular formula is C19H15FN4O4S. The number of anilines is 1. The van der Waals surface area contributed by atoms with Gasteiger partial charge in [-0.1, -0.05) is 18.2 Å². The number of nitrogens with zero attached hydrogens (tertiary/aromatic N) is 1. The largest absolute Gasteiger partial charge is 0.277 e.